The van der Waals surface area contributed by atoms with Gasteiger partial charge in [0.1, 0.15) is 0 Å². The average molecular weight is 387 g/mol. The molecule has 28 heavy (non-hydrogen) atoms. The van der Waals surface area contributed by atoms with E-state index in [2.05, 4.69) is 20.2 Å². The summed E-state index contributed by atoms with van der Waals surface area (Å²) in [7, 11) is 3.56. The zero-order chi connectivity index (χ0) is 19.7. The molecule has 1 saturated carbocycles. The Labute approximate surface area is 166 Å². The maximum Gasteiger partial charge on any atom is 0.319 e. The van der Waals surface area contributed by atoms with Crippen LogP contribution in [0.4, 0.5) is 10.7 Å². The van der Waals surface area contributed by atoms with Crippen LogP contribution in [-0.2, 0) is 4.79 Å². The van der Waals surface area contributed by atoms with Crippen LogP contribution in [0.1, 0.15) is 25.7 Å². The fourth-order valence-corrected chi connectivity index (χ4v) is 4.60. The molecule has 8 heteroatoms. The maximum absolute atomic E-state index is 13.4. The molecule has 0 bridgehead atoms. The van der Waals surface area contributed by atoms with E-state index in [0.29, 0.717) is 38.0 Å². The van der Waals surface area contributed by atoms with Crippen molar-refractivity contribution in [3.63, 3.8) is 0 Å². The molecule has 1 aromatic heterocycles. The lowest BCUT2D eigenvalue weighted by atomic mass is 9.74. The summed E-state index contributed by atoms with van der Waals surface area (Å²) in [4.78, 5) is 40.4. The number of hydrogen-bond donors (Lipinski definition) is 1. The van der Waals surface area contributed by atoms with Crippen molar-refractivity contribution in [2.75, 3.05) is 51.7 Å². The zero-order valence-corrected chi connectivity index (χ0v) is 16.8. The molecule has 2 aliphatic heterocycles. The molecule has 1 N–H and O–H groups in total. The minimum absolute atomic E-state index is 0.0172. The average Bonchev–Trinajstić information content (AvgIpc) is 3.49. The molecule has 0 spiro atoms. The van der Waals surface area contributed by atoms with Crippen molar-refractivity contribution in [3.8, 4) is 0 Å². The van der Waals surface area contributed by atoms with E-state index in [9.17, 15) is 9.59 Å². The van der Waals surface area contributed by atoms with E-state index in [4.69, 9.17) is 0 Å². The highest BCUT2D eigenvalue weighted by Crippen LogP contribution is 2.44. The number of hydrogen-bond acceptors (Lipinski definition) is 5. The van der Waals surface area contributed by atoms with Crippen molar-refractivity contribution in [2.45, 2.75) is 25.7 Å². The molecule has 3 aliphatic rings. The molecule has 2 saturated heterocycles. The minimum atomic E-state index is -0.491. The second kappa shape index (κ2) is 7.56. The Hall–Kier alpha value is -2.38. The third-order valence-electron chi connectivity index (χ3n) is 6.38. The van der Waals surface area contributed by atoms with Gasteiger partial charge in [-0.3, -0.25) is 4.79 Å². The quantitative estimate of drug-likeness (QED) is 0.841. The normalized spacial score (nSPS) is 27.1. The predicted octanol–water partition coefficient (Wildman–Crippen LogP) is 1.20. The Morgan fingerprint density at radius 2 is 2.00 bits per heavy atom. The molecule has 1 aliphatic carbocycles. The van der Waals surface area contributed by atoms with Crippen molar-refractivity contribution >= 4 is 17.9 Å². The summed E-state index contributed by atoms with van der Waals surface area (Å²) in [5, 5.41) is 3.22. The Bertz CT molecular complexity index is 723. The topological polar surface area (TPSA) is 81.7 Å². The van der Waals surface area contributed by atoms with Crippen LogP contribution >= 0.6 is 0 Å². The van der Waals surface area contributed by atoms with Gasteiger partial charge in [0.2, 0.25) is 11.9 Å². The standard InChI is InChI=1S/C20H30N6O2/c1-24(2)19(28)25-10-3-7-20(17(27)23-11-15-5-6-15)14-26(13-16(20)12-25)18-21-8-4-9-22-18/h4,8-9,15-16H,3,5-7,10-14H2,1-2H3,(H,23,27)/t16-,20-/m0/s1. The number of nitrogens with one attached hydrogen (secondary N) is 1. The van der Waals surface area contributed by atoms with E-state index in [1.165, 1.54) is 12.8 Å². The third-order valence-corrected chi connectivity index (χ3v) is 6.38. The smallest absolute Gasteiger partial charge is 0.319 e. The van der Waals surface area contributed by atoms with Gasteiger partial charge in [-0.1, -0.05) is 0 Å². The van der Waals surface area contributed by atoms with Gasteiger partial charge < -0.3 is 20.0 Å². The summed E-state index contributed by atoms with van der Waals surface area (Å²) in [5.41, 5.74) is -0.491. The Kier molecular flexibility index (Phi) is 5.12. The highest BCUT2D eigenvalue weighted by molar-refractivity contribution is 5.85. The number of carbonyl (C=O) groups excluding carboxylic acids is 2. The molecule has 152 valence electrons. The molecule has 0 radical (unpaired) electrons. The van der Waals surface area contributed by atoms with Gasteiger partial charge in [0.25, 0.3) is 0 Å². The maximum atomic E-state index is 13.4. The monoisotopic (exact) mass is 386 g/mol. The first-order chi connectivity index (χ1) is 13.5. The van der Waals surface area contributed by atoms with Crippen LogP contribution in [0, 0.1) is 17.3 Å². The molecule has 4 rings (SSSR count). The van der Waals surface area contributed by atoms with Gasteiger partial charge in [-0.2, -0.15) is 0 Å². The second-order valence-corrected chi connectivity index (χ2v) is 8.66. The molecule has 3 amide bonds. The van der Waals surface area contributed by atoms with Crippen molar-refractivity contribution in [2.24, 2.45) is 17.3 Å². The third kappa shape index (κ3) is 3.64. The summed E-state index contributed by atoms with van der Waals surface area (Å²) in [6.07, 6.45) is 7.51. The molecular formula is C20H30N6O2. The fourth-order valence-electron chi connectivity index (χ4n) is 4.60. The van der Waals surface area contributed by atoms with Gasteiger partial charge in [-0.05, 0) is 37.7 Å². The first kappa shape index (κ1) is 19.0. The Balaban J connectivity index is 1.58. The fraction of sp³-hybridized carbons (Fsp3) is 0.700. The summed E-state index contributed by atoms with van der Waals surface area (Å²) < 4.78 is 0. The number of anilines is 1. The molecule has 2 atom stereocenters. The van der Waals surface area contributed by atoms with E-state index in [-0.39, 0.29) is 17.9 Å². The van der Waals surface area contributed by atoms with Gasteiger partial charge in [0.15, 0.2) is 0 Å². The highest BCUT2D eigenvalue weighted by atomic mass is 16.2. The number of aromatic nitrogens is 2. The molecule has 3 heterocycles. The van der Waals surface area contributed by atoms with Crippen LogP contribution in [0.2, 0.25) is 0 Å². The van der Waals surface area contributed by atoms with Crippen LogP contribution in [0.25, 0.3) is 0 Å². The van der Waals surface area contributed by atoms with E-state index in [1.807, 2.05) is 4.90 Å². The largest absolute Gasteiger partial charge is 0.355 e. The summed E-state index contributed by atoms with van der Waals surface area (Å²) >= 11 is 0. The lowest BCUT2D eigenvalue weighted by molar-refractivity contribution is -0.132. The van der Waals surface area contributed by atoms with Crippen LogP contribution in [0.15, 0.2) is 18.5 Å². The molecule has 3 fully saturated rings. The van der Waals surface area contributed by atoms with E-state index in [1.54, 1.807) is 37.5 Å². The molecule has 1 aromatic rings. The molecular weight excluding hydrogens is 356 g/mol. The highest BCUT2D eigenvalue weighted by Gasteiger charge is 2.54. The number of nitrogens with zero attached hydrogens (tertiary/aromatic N) is 5. The van der Waals surface area contributed by atoms with Crippen LogP contribution in [-0.4, -0.2) is 78.5 Å². The Morgan fingerprint density at radius 3 is 2.68 bits per heavy atom. The lowest BCUT2D eigenvalue weighted by Crippen LogP contribution is -2.49. The summed E-state index contributed by atoms with van der Waals surface area (Å²) in [6.45, 7) is 3.37. The van der Waals surface area contributed by atoms with Gasteiger partial charge >= 0.3 is 6.03 Å². The first-order valence-corrected chi connectivity index (χ1v) is 10.3. The van der Waals surface area contributed by atoms with Crippen molar-refractivity contribution in [1.82, 2.24) is 25.1 Å². The predicted molar refractivity (Wildman–Crippen MR) is 106 cm³/mol. The van der Waals surface area contributed by atoms with Crippen molar-refractivity contribution in [1.29, 1.82) is 0 Å². The number of rotatable bonds is 4. The minimum Gasteiger partial charge on any atom is -0.355 e. The number of fused-ring (bicyclic) bond motifs is 1. The zero-order valence-electron chi connectivity index (χ0n) is 16.8. The second-order valence-electron chi connectivity index (χ2n) is 8.66. The van der Waals surface area contributed by atoms with E-state index in [0.717, 1.165) is 19.4 Å². The van der Waals surface area contributed by atoms with Gasteiger partial charge in [-0.15, -0.1) is 0 Å². The van der Waals surface area contributed by atoms with E-state index >= 15 is 0 Å². The van der Waals surface area contributed by atoms with Gasteiger partial charge in [0.05, 0.1) is 5.41 Å². The molecule has 0 aromatic carbocycles. The summed E-state index contributed by atoms with van der Waals surface area (Å²) in [5.74, 6) is 1.52. The number of urea groups is 1. The lowest BCUT2D eigenvalue weighted by Gasteiger charge is -2.32. The summed E-state index contributed by atoms with van der Waals surface area (Å²) in [6, 6.07) is 1.82. The first-order valence-electron chi connectivity index (χ1n) is 10.3. The van der Waals surface area contributed by atoms with Gasteiger partial charge in [-0.25, -0.2) is 14.8 Å². The van der Waals surface area contributed by atoms with Crippen molar-refractivity contribution in [3.05, 3.63) is 18.5 Å². The van der Waals surface area contributed by atoms with Crippen LogP contribution in [0.5, 0.6) is 0 Å². The SMILES string of the molecule is CN(C)C(=O)N1CCC[C@]2(C(=O)NCC3CC3)CN(c3ncccn3)C[C@@H]2C1. The van der Waals surface area contributed by atoms with E-state index < -0.39 is 5.41 Å². The number of carbonyl (C=O) groups is 2. The van der Waals surface area contributed by atoms with Crippen LogP contribution in [0.3, 0.4) is 0 Å². The Morgan fingerprint density at radius 1 is 1.25 bits per heavy atom. The van der Waals surface area contributed by atoms with Gasteiger partial charge in [0, 0.05) is 65.1 Å². The molecule has 0 unspecified atom stereocenters. The van der Waals surface area contributed by atoms with Crippen LogP contribution < -0.4 is 10.2 Å². The number of likely N-dealkylation sites (tertiary alicyclic amines) is 1. The van der Waals surface area contributed by atoms with Crippen molar-refractivity contribution < 1.29 is 9.59 Å². The number of amides is 3. The molecule has 8 nitrogen and oxygen atoms in total.